The molecule has 0 spiro atoms. The molecule has 2 nitrogen and oxygen atoms in total. The molecular formula is C18H24O2. The minimum absolute atomic E-state index is 0.191. The van der Waals surface area contributed by atoms with Gasteiger partial charge in [0.25, 0.3) is 0 Å². The maximum Gasteiger partial charge on any atom is 0.118 e. The fraction of sp³-hybridized carbons (Fsp3) is 0.556. The first kappa shape index (κ1) is 13.7. The van der Waals surface area contributed by atoms with E-state index in [1.54, 1.807) is 7.11 Å². The predicted octanol–water partition coefficient (Wildman–Crippen LogP) is 4.23. The smallest absolute Gasteiger partial charge is 0.118 e. The zero-order valence-corrected chi connectivity index (χ0v) is 12.8. The summed E-state index contributed by atoms with van der Waals surface area (Å²) in [6.45, 7) is 7.84. The Kier molecular flexibility index (Phi) is 3.59. The van der Waals surface area contributed by atoms with Gasteiger partial charge in [-0.3, -0.25) is 0 Å². The van der Waals surface area contributed by atoms with Crippen molar-refractivity contribution in [3.8, 4) is 5.75 Å². The highest BCUT2D eigenvalue weighted by molar-refractivity contribution is 5.31. The van der Waals surface area contributed by atoms with Gasteiger partial charge in [0.05, 0.1) is 19.8 Å². The van der Waals surface area contributed by atoms with E-state index in [0.29, 0.717) is 23.7 Å². The van der Waals surface area contributed by atoms with Crippen LogP contribution in [0.4, 0.5) is 0 Å². The SMILES string of the molecule is COc1ccc([C@H]2OC[C@H]3[C@@H](C)[C@@H]2C(C)=C[C@@H]3C)cc1. The lowest BCUT2D eigenvalue weighted by Crippen LogP contribution is -2.42. The maximum atomic E-state index is 6.23. The Morgan fingerprint density at radius 3 is 2.50 bits per heavy atom. The Labute approximate surface area is 121 Å². The van der Waals surface area contributed by atoms with E-state index >= 15 is 0 Å². The summed E-state index contributed by atoms with van der Waals surface area (Å²) in [5.41, 5.74) is 2.75. The van der Waals surface area contributed by atoms with E-state index in [1.807, 2.05) is 12.1 Å². The molecule has 5 atom stereocenters. The van der Waals surface area contributed by atoms with Crippen molar-refractivity contribution in [2.75, 3.05) is 13.7 Å². The first-order valence-electron chi connectivity index (χ1n) is 7.55. The van der Waals surface area contributed by atoms with Crippen LogP contribution in [0, 0.1) is 23.7 Å². The molecule has 2 bridgehead atoms. The van der Waals surface area contributed by atoms with Gasteiger partial charge in [-0.1, -0.05) is 37.6 Å². The first-order chi connectivity index (χ1) is 9.61. The van der Waals surface area contributed by atoms with Crippen molar-refractivity contribution in [2.45, 2.75) is 26.9 Å². The van der Waals surface area contributed by atoms with Crippen LogP contribution in [0.5, 0.6) is 5.75 Å². The summed E-state index contributed by atoms with van der Waals surface area (Å²) >= 11 is 0. The molecule has 0 N–H and O–H groups in total. The molecule has 0 unspecified atom stereocenters. The number of rotatable bonds is 2. The van der Waals surface area contributed by atoms with E-state index in [0.717, 1.165) is 12.4 Å². The van der Waals surface area contributed by atoms with Crippen LogP contribution in [0.15, 0.2) is 35.9 Å². The minimum Gasteiger partial charge on any atom is -0.497 e. The molecule has 1 aliphatic heterocycles. The largest absolute Gasteiger partial charge is 0.497 e. The monoisotopic (exact) mass is 272 g/mol. The summed E-state index contributed by atoms with van der Waals surface area (Å²) in [6.07, 6.45) is 2.64. The van der Waals surface area contributed by atoms with Crippen LogP contribution < -0.4 is 4.74 Å². The van der Waals surface area contributed by atoms with Gasteiger partial charge >= 0.3 is 0 Å². The lowest BCUT2D eigenvalue weighted by Gasteiger charge is -2.47. The van der Waals surface area contributed by atoms with E-state index < -0.39 is 0 Å². The topological polar surface area (TPSA) is 18.5 Å². The van der Waals surface area contributed by atoms with Crippen LogP contribution in [0.2, 0.25) is 0 Å². The fourth-order valence-corrected chi connectivity index (χ4v) is 4.04. The van der Waals surface area contributed by atoms with E-state index in [-0.39, 0.29) is 6.10 Å². The second-order valence-corrected chi connectivity index (χ2v) is 6.35. The van der Waals surface area contributed by atoms with E-state index in [1.165, 1.54) is 11.1 Å². The van der Waals surface area contributed by atoms with Crippen LogP contribution in [0.3, 0.4) is 0 Å². The van der Waals surface area contributed by atoms with Crippen molar-refractivity contribution >= 4 is 0 Å². The number of methoxy groups -OCH3 is 1. The Morgan fingerprint density at radius 1 is 1.15 bits per heavy atom. The van der Waals surface area contributed by atoms with Crippen molar-refractivity contribution < 1.29 is 9.47 Å². The van der Waals surface area contributed by atoms with Crippen molar-refractivity contribution in [3.05, 3.63) is 41.5 Å². The zero-order valence-electron chi connectivity index (χ0n) is 12.8. The summed E-state index contributed by atoms with van der Waals surface area (Å²) in [6, 6.07) is 8.34. The van der Waals surface area contributed by atoms with Crippen molar-refractivity contribution in [2.24, 2.45) is 23.7 Å². The van der Waals surface area contributed by atoms with Crippen LogP contribution in [0.25, 0.3) is 0 Å². The summed E-state index contributed by atoms with van der Waals surface area (Å²) < 4.78 is 11.5. The summed E-state index contributed by atoms with van der Waals surface area (Å²) in [5.74, 6) is 3.41. The summed E-state index contributed by atoms with van der Waals surface area (Å²) in [5, 5.41) is 0. The normalized spacial score (nSPS) is 36.4. The average Bonchev–Trinajstić information content (AvgIpc) is 2.45. The van der Waals surface area contributed by atoms with Crippen LogP contribution in [0.1, 0.15) is 32.4 Å². The third-order valence-corrected chi connectivity index (χ3v) is 5.21. The van der Waals surface area contributed by atoms with E-state index in [2.05, 4.69) is 39.0 Å². The third kappa shape index (κ3) is 2.16. The number of hydrogen-bond acceptors (Lipinski definition) is 2. The third-order valence-electron chi connectivity index (χ3n) is 5.21. The molecule has 1 aliphatic carbocycles. The molecule has 1 fully saturated rings. The molecule has 0 radical (unpaired) electrons. The van der Waals surface area contributed by atoms with Gasteiger partial charge in [-0.25, -0.2) is 0 Å². The van der Waals surface area contributed by atoms with E-state index in [9.17, 15) is 0 Å². The molecule has 20 heavy (non-hydrogen) atoms. The number of ether oxygens (including phenoxy) is 2. The number of allylic oxidation sites excluding steroid dienone is 1. The highest BCUT2D eigenvalue weighted by Crippen LogP contribution is 2.49. The zero-order chi connectivity index (χ0) is 14.3. The highest BCUT2D eigenvalue weighted by atomic mass is 16.5. The standard InChI is InChI=1S/C18H24O2/c1-11-9-12(2)17-13(3)16(11)10-20-18(17)14-5-7-15(19-4)8-6-14/h5-9,11,13,16-18H,10H2,1-4H3/t11-,13+,16+,17-,18+/m0/s1. The molecule has 1 saturated heterocycles. The molecule has 0 amide bonds. The Hall–Kier alpha value is -1.28. The molecule has 1 aromatic rings. The van der Waals surface area contributed by atoms with Gasteiger partial charge in [-0.2, -0.15) is 0 Å². The minimum atomic E-state index is 0.191. The quantitative estimate of drug-likeness (QED) is 0.750. The van der Waals surface area contributed by atoms with Gasteiger partial charge in [-0.15, -0.1) is 0 Å². The van der Waals surface area contributed by atoms with Gasteiger partial charge < -0.3 is 9.47 Å². The molecule has 2 heteroatoms. The Balaban J connectivity index is 1.92. The van der Waals surface area contributed by atoms with Crippen molar-refractivity contribution in [1.82, 2.24) is 0 Å². The Bertz CT molecular complexity index is 503. The number of fused-ring (bicyclic) bond motifs is 2. The maximum absolute atomic E-state index is 6.23. The molecule has 3 rings (SSSR count). The number of benzene rings is 1. The summed E-state index contributed by atoms with van der Waals surface area (Å²) in [7, 11) is 1.70. The van der Waals surface area contributed by atoms with Gasteiger partial charge in [0, 0.05) is 5.92 Å². The van der Waals surface area contributed by atoms with E-state index in [4.69, 9.17) is 9.47 Å². The second-order valence-electron chi connectivity index (χ2n) is 6.35. The molecular weight excluding hydrogens is 248 g/mol. The molecule has 1 heterocycles. The average molecular weight is 272 g/mol. The fourth-order valence-electron chi connectivity index (χ4n) is 4.04. The lowest BCUT2D eigenvalue weighted by atomic mass is 9.64. The van der Waals surface area contributed by atoms with Crippen LogP contribution in [-0.4, -0.2) is 13.7 Å². The van der Waals surface area contributed by atoms with Gasteiger partial charge in [-0.05, 0) is 42.4 Å². The highest BCUT2D eigenvalue weighted by Gasteiger charge is 2.43. The number of hydrogen-bond donors (Lipinski definition) is 0. The predicted molar refractivity (Wildman–Crippen MR) is 80.8 cm³/mol. The Morgan fingerprint density at radius 2 is 1.85 bits per heavy atom. The second kappa shape index (κ2) is 5.25. The van der Waals surface area contributed by atoms with Gasteiger partial charge in [0.15, 0.2) is 0 Å². The van der Waals surface area contributed by atoms with Crippen molar-refractivity contribution in [1.29, 1.82) is 0 Å². The van der Waals surface area contributed by atoms with Crippen molar-refractivity contribution in [3.63, 3.8) is 0 Å². The van der Waals surface area contributed by atoms with Gasteiger partial charge in [0.2, 0.25) is 0 Å². The molecule has 2 aliphatic rings. The first-order valence-corrected chi connectivity index (χ1v) is 7.55. The van der Waals surface area contributed by atoms with Gasteiger partial charge in [0.1, 0.15) is 5.75 Å². The molecule has 0 aromatic heterocycles. The molecule has 1 aromatic carbocycles. The van der Waals surface area contributed by atoms with Crippen LogP contribution in [-0.2, 0) is 4.74 Å². The summed E-state index contributed by atoms with van der Waals surface area (Å²) in [4.78, 5) is 0. The lowest BCUT2D eigenvalue weighted by molar-refractivity contribution is -0.0934. The van der Waals surface area contributed by atoms with Crippen LogP contribution >= 0.6 is 0 Å². The molecule has 108 valence electrons. The molecule has 0 saturated carbocycles.